The van der Waals surface area contributed by atoms with Crippen LogP contribution in [0.15, 0.2) is 35.2 Å². The van der Waals surface area contributed by atoms with Gasteiger partial charge in [-0.3, -0.25) is 0 Å². The molecule has 0 saturated carbocycles. The van der Waals surface area contributed by atoms with E-state index in [0.29, 0.717) is 4.90 Å². The Morgan fingerprint density at radius 1 is 1.25 bits per heavy atom. The second kappa shape index (κ2) is 4.55. The Balaban J connectivity index is 2.09. The molecule has 1 aliphatic rings. The van der Waals surface area contributed by atoms with Gasteiger partial charge in [-0.1, -0.05) is 18.2 Å². The zero-order valence-electron chi connectivity index (χ0n) is 9.30. The van der Waals surface area contributed by atoms with Crippen LogP contribution in [0.3, 0.4) is 0 Å². The van der Waals surface area contributed by atoms with Gasteiger partial charge in [-0.2, -0.15) is 0 Å². The molecule has 3 nitrogen and oxygen atoms in total. The number of sulfone groups is 1. The Labute approximate surface area is 96.4 Å². The lowest BCUT2D eigenvalue weighted by Gasteiger charge is -2.11. The molecule has 0 aliphatic carbocycles. The first-order valence-electron chi connectivity index (χ1n) is 5.51. The summed E-state index contributed by atoms with van der Waals surface area (Å²) in [4.78, 5) is 0.387. The minimum Gasteiger partial charge on any atom is -0.374 e. The van der Waals surface area contributed by atoms with Crippen LogP contribution >= 0.6 is 0 Å². The van der Waals surface area contributed by atoms with Crippen molar-refractivity contribution in [3.63, 3.8) is 0 Å². The van der Waals surface area contributed by atoms with Crippen LogP contribution in [0.1, 0.15) is 19.8 Å². The van der Waals surface area contributed by atoms with Gasteiger partial charge in [0.2, 0.25) is 0 Å². The SMILES string of the molecule is C[C@H]1CC[C@@H](CS(=O)(=O)c2ccccc2)O1. The van der Waals surface area contributed by atoms with E-state index >= 15 is 0 Å². The molecule has 2 atom stereocenters. The molecule has 1 aromatic rings. The molecule has 2 rings (SSSR count). The average molecular weight is 240 g/mol. The summed E-state index contributed by atoms with van der Waals surface area (Å²) in [7, 11) is -3.19. The van der Waals surface area contributed by atoms with Crippen molar-refractivity contribution >= 4 is 9.84 Å². The van der Waals surface area contributed by atoms with Crippen molar-refractivity contribution in [1.82, 2.24) is 0 Å². The molecule has 0 amide bonds. The lowest BCUT2D eigenvalue weighted by atomic mass is 10.2. The van der Waals surface area contributed by atoms with Crippen LogP contribution in [-0.4, -0.2) is 26.4 Å². The minimum absolute atomic E-state index is 0.0986. The van der Waals surface area contributed by atoms with E-state index in [-0.39, 0.29) is 18.0 Å². The zero-order valence-corrected chi connectivity index (χ0v) is 10.1. The van der Waals surface area contributed by atoms with E-state index in [4.69, 9.17) is 4.74 Å². The largest absolute Gasteiger partial charge is 0.374 e. The molecular formula is C12H16O3S. The zero-order chi connectivity index (χ0) is 11.6. The van der Waals surface area contributed by atoms with E-state index in [2.05, 4.69) is 0 Å². The molecule has 1 fully saturated rings. The van der Waals surface area contributed by atoms with Crippen LogP contribution in [0.4, 0.5) is 0 Å². The van der Waals surface area contributed by atoms with Crippen molar-refractivity contribution in [3.05, 3.63) is 30.3 Å². The van der Waals surface area contributed by atoms with Crippen LogP contribution in [0.2, 0.25) is 0 Å². The Morgan fingerprint density at radius 3 is 2.50 bits per heavy atom. The van der Waals surface area contributed by atoms with Crippen molar-refractivity contribution in [2.45, 2.75) is 36.9 Å². The highest BCUT2D eigenvalue weighted by atomic mass is 32.2. The third-order valence-corrected chi connectivity index (χ3v) is 4.63. The summed E-state index contributed by atoms with van der Waals surface area (Å²) in [6, 6.07) is 8.56. The minimum atomic E-state index is -3.19. The van der Waals surface area contributed by atoms with Gasteiger partial charge in [-0.15, -0.1) is 0 Å². The Kier molecular flexibility index (Phi) is 3.30. The van der Waals surface area contributed by atoms with Gasteiger partial charge in [0.1, 0.15) is 0 Å². The quantitative estimate of drug-likeness (QED) is 0.812. The molecular weight excluding hydrogens is 224 g/mol. The van der Waals surface area contributed by atoms with Crippen molar-refractivity contribution in [2.24, 2.45) is 0 Å². The lowest BCUT2D eigenvalue weighted by Crippen LogP contribution is -2.21. The fourth-order valence-corrected chi connectivity index (χ4v) is 3.48. The standard InChI is InChI=1S/C12H16O3S/c1-10-7-8-11(15-10)9-16(13,14)12-5-3-2-4-6-12/h2-6,10-11H,7-9H2,1H3/t10-,11-/m0/s1. The Morgan fingerprint density at radius 2 is 1.94 bits per heavy atom. The maximum absolute atomic E-state index is 12.0. The van der Waals surface area contributed by atoms with Crippen LogP contribution < -0.4 is 0 Å². The molecule has 0 N–H and O–H groups in total. The van der Waals surface area contributed by atoms with Crippen LogP contribution in [0.25, 0.3) is 0 Å². The highest BCUT2D eigenvalue weighted by molar-refractivity contribution is 7.91. The van der Waals surface area contributed by atoms with Gasteiger partial charge in [-0.05, 0) is 31.9 Å². The smallest absolute Gasteiger partial charge is 0.180 e. The van der Waals surface area contributed by atoms with Crippen molar-refractivity contribution in [1.29, 1.82) is 0 Å². The molecule has 1 saturated heterocycles. The Hall–Kier alpha value is -0.870. The van der Waals surface area contributed by atoms with E-state index < -0.39 is 9.84 Å². The molecule has 4 heteroatoms. The predicted molar refractivity (Wildman–Crippen MR) is 62.1 cm³/mol. The molecule has 1 aliphatic heterocycles. The summed E-state index contributed by atoms with van der Waals surface area (Å²) in [5, 5.41) is 0. The highest BCUT2D eigenvalue weighted by Gasteiger charge is 2.27. The fraction of sp³-hybridized carbons (Fsp3) is 0.500. The van der Waals surface area contributed by atoms with Crippen molar-refractivity contribution < 1.29 is 13.2 Å². The molecule has 88 valence electrons. The molecule has 0 aromatic heterocycles. The van der Waals surface area contributed by atoms with Crippen molar-refractivity contribution in [2.75, 3.05) is 5.75 Å². The summed E-state index contributed by atoms with van der Waals surface area (Å²) in [5.41, 5.74) is 0. The first kappa shape index (κ1) is 11.6. The van der Waals surface area contributed by atoms with Gasteiger partial charge in [0.25, 0.3) is 0 Å². The Bertz CT molecular complexity index is 439. The first-order valence-corrected chi connectivity index (χ1v) is 7.16. The number of rotatable bonds is 3. The van der Waals surface area contributed by atoms with Crippen LogP contribution in [0.5, 0.6) is 0 Å². The van der Waals surface area contributed by atoms with Crippen molar-refractivity contribution in [3.8, 4) is 0 Å². The number of hydrogen-bond acceptors (Lipinski definition) is 3. The van der Waals surface area contributed by atoms with Gasteiger partial charge in [-0.25, -0.2) is 8.42 Å². The molecule has 0 bridgehead atoms. The first-order chi connectivity index (χ1) is 7.58. The second-order valence-electron chi connectivity index (χ2n) is 4.24. The average Bonchev–Trinajstić information content (AvgIpc) is 2.64. The summed E-state index contributed by atoms with van der Waals surface area (Å²) in [6.07, 6.45) is 1.85. The third kappa shape index (κ3) is 2.62. The summed E-state index contributed by atoms with van der Waals surface area (Å²) < 4.78 is 29.6. The molecule has 16 heavy (non-hydrogen) atoms. The summed E-state index contributed by atoms with van der Waals surface area (Å²) in [6.45, 7) is 1.98. The van der Waals surface area contributed by atoms with E-state index in [1.54, 1.807) is 24.3 Å². The fourth-order valence-electron chi connectivity index (χ4n) is 1.98. The van der Waals surface area contributed by atoms with E-state index in [9.17, 15) is 8.42 Å². The van der Waals surface area contributed by atoms with Gasteiger partial charge < -0.3 is 4.74 Å². The van der Waals surface area contributed by atoms with Gasteiger partial charge in [0.05, 0.1) is 22.9 Å². The molecule has 0 spiro atoms. The molecule has 0 radical (unpaired) electrons. The van der Waals surface area contributed by atoms with E-state index in [1.165, 1.54) is 0 Å². The second-order valence-corrected chi connectivity index (χ2v) is 6.27. The third-order valence-electron chi connectivity index (χ3n) is 2.83. The molecule has 1 heterocycles. The van der Waals surface area contributed by atoms with E-state index in [1.807, 2.05) is 13.0 Å². The van der Waals surface area contributed by atoms with Crippen LogP contribution in [-0.2, 0) is 14.6 Å². The summed E-state index contributed by atoms with van der Waals surface area (Å²) in [5.74, 6) is 0.0986. The van der Waals surface area contributed by atoms with E-state index in [0.717, 1.165) is 12.8 Å². The molecule has 0 unspecified atom stereocenters. The van der Waals surface area contributed by atoms with Gasteiger partial charge in [0, 0.05) is 0 Å². The maximum Gasteiger partial charge on any atom is 0.180 e. The van der Waals surface area contributed by atoms with Gasteiger partial charge >= 0.3 is 0 Å². The summed E-state index contributed by atoms with van der Waals surface area (Å²) >= 11 is 0. The predicted octanol–water partition coefficient (Wildman–Crippen LogP) is 2.03. The lowest BCUT2D eigenvalue weighted by molar-refractivity contribution is 0.0690. The van der Waals surface area contributed by atoms with Crippen LogP contribution in [0, 0.1) is 0 Å². The topological polar surface area (TPSA) is 43.4 Å². The number of ether oxygens (including phenoxy) is 1. The maximum atomic E-state index is 12.0. The number of hydrogen-bond donors (Lipinski definition) is 0. The van der Waals surface area contributed by atoms with Gasteiger partial charge in [0.15, 0.2) is 9.84 Å². The normalized spacial score (nSPS) is 25.8. The monoisotopic (exact) mass is 240 g/mol. The number of benzene rings is 1. The highest BCUT2D eigenvalue weighted by Crippen LogP contribution is 2.22. The molecule has 1 aromatic carbocycles.